The average Bonchev–Trinajstić information content (AvgIpc) is 3.21. The predicted octanol–water partition coefficient (Wildman–Crippen LogP) is 4.50. The highest BCUT2D eigenvalue weighted by Gasteiger charge is 2.23. The lowest BCUT2D eigenvalue weighted by Crippen LogP contribution is -2.18. The highest BCUT2D eigenvalue weighted by atomic mass is 16.1. The molecule has 2 aromatic heterocycles. The van der Waals surface area contributed by atoms with Crippen molar-refractivity contribution in [1.82, 2.24) is 29.5 Å². The predicted molar refractivity (Wildman–Crippen MR) is 131 cm³/mol. The second-order valence-electron chi connectivity index (χ2n) is 8.17. The molecule has 0 bridgehead atoms. The molecule has 4 aromatic rings. The summed E-state index contributed by atoms with van der Waals surface area (Å²) in [6.45, 7) is 2.45. The Hall–Kier alpha value is -4.65. The Balaban J connectivity index is 1.46. The van der Waals surface area contributed by atoms with Crippen molar-refractivity contribution in [3.63, 3.8) is 0 Å². The molecule has 7 nitrogen and oxygen atoms in total. The number of benzene rings is 2. The van der Waals surface area contributed by atoms with Gasteiger partial charge >= 0.3 is 5.56 Å². The second-order valence-corrected chi connectivity index (χ2v) is 8.17. The van der Waals surface area contributed by atoms with Crippen molar-refractivity contribution in [2.75, 3.05) is 0 Å². The van der Waals surface area contributed by atoms with Crippen LogP contribution in [0, 0.1) is 6.92 Å². The van der Waals surface area contributed by atoms with Gasteiger partial charge in [-0.15, -0.1) is 0 Å². The minimum Gasteiger partial charge on any atom is -0.265 e. The number of rotatable bonds is 4. The van der Waals surface area contributed by atoms with Crippen LogP contribution in [0.1, 0.15) is 11.1 Å². The maximum atomic E-state index is 13.3. The van der Waals surface area contributed by atoms with E-state index in [0.717, 1.165) is 39.0 Å². The van der Waals surface area contributed by atoms with Crippen molar-refractivity contribution in [2.24, 2.45) is 0 Å². The van der Waals surface area contributed by atoms with E-state index in [1.165, 1.54) is 4.68 Å². The van der Waals surface area contributed by atoms with E-state index in [2.05, 4.69) is 15.1 Å². The zero-order chi connectivity index (χ0) is 23.1. The fourth-order valence-corrected chi connectivity index (χ4v) is 4.20. The molecule has 0 N–H and O–H groups in total. The molecule has 6 rings (SSSR count). The maximum Gasteiger partial charge on any atom is 0.301 e. The summed E-state index contributed by atoms with van der Waals surface area (Å²) in [5, 5.41) is 10.3. The van der Waals surface area contributed by atoms with E-state index in [1.807, 2.05) is 90.6 Å². The molecule has 0 radical (unpaired) electrons. The van der Waals surface area contributed by atoms with Gasteiger partial charge < -0.3 is 0 Å². The molecule has 0 unspecified atom stereocenters. The summed E-state index contributed by atoms with van der Waals surface area (Å²) in [7, 11) is 0. The minimum absolute atomic E-state index is 0.228. The highest BCUT2D eigenvalue weighted by Crippen LogP contribution is 2.27. The highest BCUT2D eigenvalue weighted by molar-refractivity contribution is 5.92. The number of aryl methyl sites for hydroxylation is 1. The van der Waals surface area contributed by atoms with Crippen LogP contribution in [-0.4, -0.2) is 29.5 Å². The van der Waals surface area contributed by atoms with Crippen LogP contribution >= 0.6 is 0 Å². The summed E-state index contributed by atoms with van der Waals surface area (Å²) in [5.74, 6) is 0. The third kappa shape index (κ3) is 3.34. The van der Waals surface area contributed by atoms with Crippen molar-refractivity contribution in [3.8, 4) is 28.3 Å². The molecule has 7 heteroatoms. The lowest BCUT2D eigenvalue weighted by Gasteiger charge is -2.12. The number of nitrogens with zero attached hydrogens (tertiary/aromatic N) is 6. The van der Waals surface area contributed by atoms with E-state index in [4.69, 9.17) is 5.10 Å². The topological polar surface area (TPSA) is 78.5 Å². The number of aromatic nitrogens is 6. The number of fused-ring (bicyclic) bond motifs is 3. The van der Waals surface area contributed by atoms with Crippen LogP contribution < -0.4 is 5.56 Å². The Labute approximate surface area is 195 Å². The molecule has 0 saturated carbocycles. The molecule has 164 valence electrons. The van der Waals surface area contributed by atoms with E-state index in [9.17, 15) is 4.79 Å². The number of para-hydroxylation sites is 2. The lowest BCUT2D eigenvalue weighted by atomic mass is 10.1. The van der Waals surface area contributed by atoms with Crippen molar-refractivity contribution >= 4 is 10.9 Å². The van der Waals surface area contributed by atoms with E-state index in [0.29, 0.717) is 17.9 Å². The third-order valence-electron chi connectivity index (χ3n) is 5.94. The van der Waals surface area contributed by atoms with Gasteiger partial charge in [0.05, 0.1) is 23.4 Å². The molecule has 0 aliphatic carbocycles. The van der Waals surface area contributed by atoms with Gasteiger partial charge in [-0.25, -0.2) is 0 Å². The van der Waals surface area contributed by atoms with E-state index < -0.39 is 0 Å². The molecule has 34 heavy (non-hydrogen) atoms. The fourth-order valence-electron chi connectivity index (χ4n) is 4.20. The zero-order valence-electron chi connectivity index (χ0n) is 18.5. The molecule has 0 spiro atoms. The number of hydrogen-bond acceptors (Lipinski definition) is 5. The first-order valence-electron chi connectivity index (χ1n) is 11.0. The molecule has 0 amide bonds. The van der Waals surface area contributed by atoms with Crippen molar-refractivity contribution < 1.29 is 0 Å². The minimum atomic E-state index is -0.228. The van der Waals surface area contributed by atoms with Crippen molar-refractivity contribution in [2.45, 2.75) is 13.5 Å². The maximum absolute atomic E-state index is 13.3. The summed E-state index contributed by atoms with van der Waals surface area (Å²) < 4.78 is 3.30. The number of pyridine rings is 2. The molecule has 2 aliphatic heterocycles. The fraction of sp³-hybridized carbons (Fsp3) is 0.0741. The van der Waals surface area contributed by atoms with Crippen LogP contribution in [-0.2, 0) is 6.54 Å². The van der Waals surface area contributed by atoms with Gasteiger partial charge in [-0.1, -0.05) is 42.5 Å². The first-order valence-corrected chi connectivity index (χ1v) is 11.0. The molecule has 4 heterocycles. The van der Waals surface area contributed by atoms with Gasteiger partial charge in [-0.3, -0.25) is 19.4 Å². The summed E-state index contributed by atoms with van der Waals surface area (Å²) in [5.41, 5.74) is 6.17. The molecular weight excluding hydrogens is 424 g/mol. The van der Waals surface area contributed by atoms with Crippen LogP contribution in [0.25, 0.3) is 39.2 Å². The Morgan fingerprint density at radius 1 is 0.824 bits per heavy atom. The standard InChI is InChI=1S/C27H20N6O/c1-18-7-2-4-10-23(18)33-27(34)26-25(31-33)21-9-3-5-11-24(21)32(30-26)17-19-12-13-22(29-15-19)20-8-6-14-28-16-20/h2-16H,17H2,1H3. The lowest BCUT2D eigenvalue weighted by molar-refractivity contribution is 0.697. The van der Waals surface area contributed by atoms with Crippen molar-refractivity contribution in [1.29, 1.82) is 0 Å². The van der Waals surface area contributed by atoms with Gasteiger partial charge in [0, 0.05) is 29.5 Å². The third-order valence-corrected chi connectivity index (χ3v) is 5.94. The summed E-state index contributed by atoms with van der Waals surface area (Å²) in [6, 6.07) is 23.5. The van der Waals surface area contributed by atoms with E-state index in [1.54, 1.807) is 12.4 Å². The van der Waals surface area contributed by atoms with E-state index in [-0.39, 0.29) is 5.56 Å². The second kappa shape index (κ2) is 8.04. The Morgan fingerprint density at radius 3 is 2.47 bits per heavy atom. The van der Waals surface area contributed by atoms with Gasteiger partial charge in [0.2, 0.25) is 0 Å². The Morgan fingerprint density at radius 2 is 1.68 bits per heavy atom. The molecular formula is C27H20N6O. The first-order chi connectivity index (χ1) is 16.7. The Kier molecular flexibility index (Phi) is 4.73. The van der Waals surface area contributed by atoms with Crippen LogP contribution in [0.2, 0.25) is 0 Å². The molecule has 0 atom stereocenters. The Bertz CT molecular complexity index is 1650. The van der Waals surface area contributed by atoms with Crippen molar-refractivity contribution in [3.05, 3.63) is 113 Å². The smallest absolute Gasteiger partial charge is 0.265 e. The summed E-state index contributed by atoms with van der Waals surface area (Å²) in [6.07, 6.45) is 5.37. The summed E-state index contributed by atoms with van der Waals surface area (Å²) >= 11 is 0. The number of hydrogen-bond donors (Lipinski definition) is 0. The van der Waals surface area contributed by atoms with Crippen LogP contribution in [0.15, 0.2) is 96.2 Å². The normalized spacial score (nSPS) is 11.3. The largest absolute Gasteiger partial charge is 0.301 e. The molecule has 2 aromatic carbocycles. The average molecular weight is 444 g/mol. The monoisotopic (exact) mass is 444 g/mol. The van der Waals surface area contributed by atoms with Gasteiger partial charge in [-0.05, 0) is 48.4 Å². The SMILES string of the molecule is Cc1ccccc1-n1nc2c3ccccc3n(Cc3ccc(-c4cccnc4)nc3)nc-2c1=O. The summed E-state index contributed by atoms with van der Waals surface area (Å²) in [4.78, 5) is 22.1. The van der Waals surface area contributed by atoms with Gasteiger partial charge in [0.25, 0.3) is 0 Å². The van der Waals surface area contributed by atoms with Gasteiger partial charge in [0.1, 0.15) is 5.69 Å². The molecule has 2 aliphatic rings. The quantitative estimate of drug-likeness (QED) is 0.400. The van der Waals surface area contributed by atoms with Crippen LogP contribution in [0.5, 0.6) is 0 Å². The van der Waals surface area contributed by atoms with Crippen LogP contribution in [0.3, 0.4) is 0 Å². The van der Waals surface area contributed by atoms with E-state index >= 15 is 0 Å². The first kappa shape index (κ1) is 20.0. The van der Waals surface area contributed by atoms with Gasteiger partial charge in [0.15, 0.2) is 5.69 Å². The van der Waals surface area contributed by atoms with Gasteiger partial charge in [-0.2, -0.15) is 14.9 Å². The molecule has 0 saturated heterocycles. The molecule has 0 fully saturated rings. The van der Waals surface area contributed by atoms with Crippen LogP contribution in [0.4, 0.5) is 0 Å². The zero-order valence-corrected chi connectivity index (χ0v) is 18.5.